The molecule has 1 atom stereocenters. The van der Waals surface area contributed by atoms with Crippen LogP contribution in [0.3, 0.4) is 0 Å². The Morgan fingerprint density at radius 1 is 1.50 bits per heavy atom. The van der Waals surface area contributed by atoms with E-state index in [0.29, 0.717) is 17.3 Å². The van der Waals surface area contributed by atoms with Gasteiger partial charge in [0.05, 0.1) is 12.5 Å². The van der Waals surface area contributed by atoms with Gasteiger partial charge in [-0.1, -0.05) is 11.6 Å². The van der Waals surface area contributed by atoms with Gasteiger partial charge in [-0.3, -0.25) is 4.79 Å². The Morgan fingerprint density at radius 3 is 2.62 bits per heavy atom. The van der Waals surface area contributed by atoms with Crippen molar-refractivity contribution < 1.29 is 9.53 Å². The summed E-state index contributed by atoms with van der Waals surface area (Å²) in [5, 5.41) is 3.37. The molecule has 1 amide bonds. The van der Waals surface area contributed by atoms with E-state index in [-0.39, 0.29) is 18.4 Å². The maximum Gasteiger partial charge on any atom is 0.227 e. The number of halogens is 1. The maximum absolute atomic E-state index is 11.5. The number of carbonyl (C=O) groups excluding carboxylic acids is 1. The fourth-order valence-corrected chi connectivity index (χ4v) is 1.34. The van der Waals surface area contributed by atoms with Gasteiger partial charge in [-0.25, -0.2) is 0 Å². The topological polar surface area (TPSA) is 64.3 Å². The summed E-state index contributed by atoms with van der Waals surface area (Å²) in [5.74, 6) is -0.125. The minimum Gasteiger partial charge on any atom is -0.380 e. The molecule has 0 spiro atoms. The van der Waals surface area contributed by atoms with Gasteiger partial charge in [-0.2, -0.15) is 0 Å². The van der Waals surface area contributed by atoms with Crippen LogP contribution < -0.4 is 11.1 Å². The fourth-order valence-electron chi connectivity index (χ4n) is 1.21. The van der Waals surface area contributed by atoms with E-state index in [2.05, 4.69) is 5.32 Å². The van der Waals surface area contributed by atoms with Crippen LogP contribution in [0, 0.1) is 0 Å². The molecule has 0 radical (unpaired) electrons. The SMILES string of the molecule is COC(CN)CC(=O)Nc1ccc(Cl)cc1. The van der Waals surface area contributed by atoms with E-state index in [4.69, 9.17) is 22.1 Å². The number of nitrogens with one attached hydrogen (secondary N) is 1. The Hall–Kier alpha value is -1.10. The summed E-state index contributed by atoms with van der Waals surface area (Å²) in [4.78, 5) is 11.5. The van der Waals surface area contributed by atoms with Crippen molar-refractivity contribution in [3.63, 3.8) is 0 Å². The van der Waals surface area contributed by atoms with E-state index in [1.165, 1.54) is 7.11 Å². The second-order valence-electron chi connectivity index (χ2n) is 3.35. The highest BCUT2D eigenvalue weighted by Gasteiger charge is 2.11. The number of anilines is 1. The van der Waals surface area contributed by atoms with Gasteiger partial charge in [0.1, 0.15) is 0 Å². The number of nitrogens with two attached hydrogens (primary N) is 1. The van der Waals surface area contributed by atoms with Crippen LogP contribution in [0.1, 0.15) is 6.42 Å². The predicted molar refractivity (Wildman–Crippen MR) is 64.6 cm³/mol. The summed E-state index contributed by atoms with van der Waals surface area (Å²) in [6.07, 6.45) is 0.00242. The molecule has 1 unspecified atom stereocenters. The van der Waals surface area contributed by atoms with Gasteiger partial charge in [0, 0.05) is 24.4 Å². The molecular formula is C11H15ClN2O2. The van der Waals surface area contributed by atoms with E-state index in [9.17, 15) is 4.79 Å². The van der Waals surface area contributed by atoms with Crippen molar-refractivity contribution >= 4 is 23.2 Å². The number of hydrogen-bond acceptors (Lipinski definition) is 3. The Kier molecular flexibility index (Phi) is 5.25. The van der Waals surface area contributed by atoms with E-state index < -0.39 is 0 Å². The lowest BCUT2D eigenvalue weighted by molar-refractivity contribution is -0.118. The van der Waals surface area contributed by atoms with Gasteiger partial charge < -0.3 is 15.8 Å². The zero-order chi connectivity index (χ0) is 12.0. The van der Waals surface area contributed by atoms with Gasteiger partial charge in [0.2, 0.25) is 5.91 Å². The molecule has 0 aliphatic rings. The fraction of sp³-hybridized carbons (Fsp3) is 0.364. The summed E-state index contributed by atoms with van der Waals surface area (Å²) in [6, 6.07) is 6.91. The number of carbonyl (C=O) groups is 1. The lowest BCUT2D eigenvalue weighted by Crippen LogP contribution is -2.28. The maximum atomic E-state index is 11.5. The molecule has 5 heteroatoms. The number of ether oxygens (including phenoxy) is 1. The molecule has 1 rings (SSSR count). The highest BCUT2D eigenvalue weighted by atomic mass is 35.5. The quantitative estimate of drug-likeness (QED) is 0.825. The number of amides is 1. The zero-order valence-electron chi connectivity index (χ0n) is 9.07. The van der Waals surface area contributed by atoms with Crippen molar-refractivity contribution in [2.45, 2.75) is 12.5 Å². The average molecular weight is 243 g/mol. The van der Waals surface area contributed by atoms with Crippen molar-refractivity contribution in [3.8, 4) is 0 Å². The molecule has 0 aliphatic heterocycles. The molecular weight excluding hydrogens is 228 g/mol. The van der Waals surface area contributed by atoms with Crippen LogP contribution >= 0.6 is 11.6 Å². The second-order valence-corrected chi connectivity index (χ2v) is 3.79. The van der Waals surface area contributed by atoms with Gasteiger partial charge in [-0.05, 0) is 24.3 Å². The summed E-state index contributed by atoms with van der Waals surface area (Å²) in [6.45, 7) is 0.324. The predicted octanol–water partition coefficient (Wildman–Crippen LogP) is 1.64. The molecule has 0 fully saturated rings. The molecule has 0 heterocycles. The third-order valence-electron chi connectivity index (χ3n) is 2.14. The molecule has 0 bridgehead atoms. The van der Waals surface area contributed by atoms with Crippen molar-refractivity contribution in [1.29, 1.82) is 0 Å². The van der Waals surface area contributed by atoms with E-state index in [1.54, 1.807) is 24.3 Å². The standard InChI is InChI=1S/C11H15ClN2O2/c1-16-10(7-13)6-11(15)14-9-4-2-8(12)3-5-9/h2-5,10H,6-7,13H2,1H3,(H,14,15). The average Bonchev–Trinajstić information content (AvgIpc) is 2.29. The minimum atomic E-state index is -0.243. The highest BCUT2D eigenvalue weighted by molar-refractivity contribution is 6.30. The van der Waals surface area contributed by atoms with E-state index in [1.807, 2.05) is 0 Å². The number of hydrogen-bond donors (Lipinski definition) is 2. The summed E-state index contributed by atoms with van der Waals surface area (Å²) < 4.78 is 5.02. The largest absolute Gasteiger partial charge is 0.380 e. The van der Waals surface area contributed by atoms with Crippen LogP contribution in [0.5, 0.6) is 0 Å². The first-order valence-corrected chi connectivity index (χ1v) is 5.31. The van der Waals surface area contributed by atoms with Crippen LogP contribution in [-0.4, -0.2) is 25.7 Å². The van der Waals surface area contributed by atoms with Crippen molar-refractivity contribution in [2.24, 2.45) is 5.73 Å². The van der Waals surface area contributed by atoms with Gasteiger partial charge in [0.25, 0.3) is 0 Å². The first kappa shape index (κ1) is 13.0. The Labute approximate surface area is 99.7 Å². The number of rotatable bonds is 5. The van der Waals surface area contributed by atoms with Crippen molar-refractivity contribution in [2.75, 3.05) is 19.0 Å². The van der Waals surface area contributed by atoms with Crippen LogP contribution in [0.25, 0.3) is 0 Å². The summed E-state index contributed by atoms with van der Waals surface area (Å²) >= 11 is 5.73. The third kappa shape index (κ3) is 4.18. The van der Waals surface area contributed by atoms with Crippen molar-refractivity contribution in [1.82, 2.24) is 0 Å². The van der Waals surface area contributed by atoms with Gasteiger partial charge in [-0.15, -0.1) is 0 Å². The number of methoxy groups -OCH3 is 1. The molecule has 1 aromatic rings. The van der Waals surface area contributed by atoms with Crippen LogP contribution in [0.4, 0.5) is 5.69 Å². The lowest BCUT2D eigenvalue weighted by Gasteiger charge is -2.12. The monoisotopic (exact) mass is 242 g/mol. The Morgan fingerprint density at radius 2 is 2.12 bits per heavy atom. The molecule has 88 valence electrons. The Bertz CT molecular complexity index is 336. The summed E-state index contributed by atoms with van der Waals surface area (Å²) in [7, 11) is 1.53. The third-order valence-corrected chi connectivity index (χ3v) is 2.39. The van der Waals surface area contributed by atoms with E-state index in [0.717, 1.165) is 0 Å². The molecule has 16 heavy (non-hydrogen) atoms. The highest BCUT2D eigenvalue weighted by Crippen LogP contribution is 2.13. The number of benzene rings is 1. The second kappa shape index (κ2) is 6.48. The van der Waals surface area contributed by atoms with E-state index >= 15 is 0 Å². The molecule has 1 aromatic carbocycles. The minimum absolute atomic E-state index is 0.125. The van der Waals surface area contributed by atoms with Crippen LogP contribution in [-0.2, 0) is 9.53 Å². The molecule has 0 aromatic heterocycles. The van der Waals surface area contributed by atoms with Gasteiger partial charge in [0.15, 0.2) is 0 Å². The molecule has 0 saturated heterocycles. The normalized spacial score (nSPS) is 12.2. The smallest absolute Gasteiger partial charge is 0.227 e. The summed E-state index contributed by atoms with van der Waals surface area (Å²) in [5.41, 5.74) is 6.13. The molecule has 3 N–H and O–H groups in total. The van der Waals surface area contributed by atoms with Crippen LogP contribution in [0.2, 0.25) is 5.02 Å². The lowest BCUT2D eigenvalue weighted by atomic mass is 10.2. The molecule has 0 saturated carbocycles. The first-order valence-electron chi connectivity index (χ1n) is 4.94. The van der Waals surface area contributed by atoms with Crippen LogP contribution in [0.15, 0.2) is 24.3 Å². The Balaban J connectivity index is 2.48. The first-order chi connectivity index (χ1) is 7.65. The van der Waals surface area contributed by atoms with Crippen molar-refractivity contribution in [3.05, 3.63) is 29.3 Å². The zero-order valence-corrected chi connectivity index (χ0v) is 9.83. The molecule has 4 nitrogen and oxygen atoms in total. The van der Waals surface area contributed by atoms with Gasteiger partial charge >= 0.3 is 0 Å². The molecule has 0 aliphatic carbocycles.